The Balaban J connectivity index is 1.53. The van der Waals surface area contributed by atoms with Gasteiger partial charge >= 0.3 is 0 Å². The van der Waals surface area contributed by atoms with E-state index >= 15 is 0 Å². The number of rotatable bonds is 7. The third-order valence-electron chi connectivity index (χ3n) is 5.74. The van der Waals surface area contributed by atoms with E-state index in [0.29, 0.717) is 35.8 Å². The standard InChI is InChI=1S/C24H26ClN3O4S2/c1-3-13-28-21-10-7-19(32-4-2)16-22(21)33-24(28)26-23(29)17-11-14-27(15-12-17)34(30,31)20-8-5-18(25)6-9-20/h3,5-10,16-17H,1,4,11-15H2,2H3. The number of allylic oxidation sites excluding steroid dienone is 1. The van der Waals surface area contributed by atoms with Gasteiger partial charge in [0, 0.05) is 30.6 Å². The summed E-state index contributed by atoms with van der Waals surface area (Å²) in [6, 6.07) is 11.9. The monoisotopic (exact) mass is 519 g/mol. The van der Waals surface area contributed by atoms with Crippen molar-refractivity contribution in [2.75, 3.05) is 19.7 Å². The fourth-order valence-electron chi connectivity index (χ4n) is 3.99. The molecule has 10 heteroatoms. The lowest BCUT2D eigenvalue weighted by molar-refractivity contribution is -0.122. The first-order valence-electron chi connectivity index (χ1n) is 11.0. The average molecular weight is 520 g/mol. The van der Waals surface area contributed by atoms with Gasteiger partial charge in [0.2, 0.25) is 10.0 Å². The second-order valence-corrected chi connectivity index (χ2v) is 11.3. The lowest BCUT2D eigenvalue weighted by Crippen LogP contribution is -2.40. The first-order chi connectivity index (χ1) is 16.3. The molecule has 0 unspecified atom stereocenters. The number of halogens is 1. The zero-order chi connectivity index (χ0) is 24.3. The lowest BCUT2D eigenvalue weighted by atomic mass is 9.98. The zero-order valence-corrected chi connectivity index (χ0v) is 21.2. The van der Waals surface area contributed by atoms with Crippen molar-refractivity contribution in [1.82, 2.24) is 8.87 Å². The van der Waals surface area contributed by atoms with E-state index in [1.807, 2.05) is 29.7 Å². The highest BCUT2D eigenvalue weighted by Gasteiger charge is 2.32. The van der Waals surface area contributed by atoms with Crippen molar-refractivity contribution < 1.29 is 17.9 Å². The van der Waals surface area contributed by atoms with E-state index in [1.165, 1.54) is 27.8 Å². The molecule has 1 amide bonds. The van der Waals surface area contributed by atoms with Crippen LogP contribution < -0.4 is 9.54 Å². The maximum Gasteiger partial charge on any atom is 0.251 e. The lowest BCUT2D eigenvalue weighted by Gasteiger charge is -2.29. The van der Waals surface area contributed by atoms with Gasteiger partial charge in [-0.05, 0) is 62.2 Å². The van der Waals surface area contributed by atoms with Crippen LogP contribution in [-0.2, 0) is 21.4 Å². The van der Waals surface area contributed by atoms with E-state index in [4.69, 9.17) is 16.3 Å². The molecule has 1 saturated heterocycles. The third kappa shape index (κ3) is 5.12. The Morgan fingerprint density at radius 2 is 1.94 bits per heavy atom. The molecule has 1 aromatic heterocycles. The number of hydrogen-bond donors (Lipinski definition) is 0. The molecule has 0 aliphatic carbocycles. The molecule has 34 heavy (non-hydrogen) atoms. The van der Waals surface area contributed by atoms with Crippen molar-refractivity contribution in [3.05, 3.63) is 64.9 Å². The van der Waals surface area contributed by atoms with Gasteiger partial charge in [-0.15, -0.1) is 6.58 Å². The van der Waals surface area contributed by atoms with Crippen LogP contribution >= 0.6 is 22.9 Å². The Bertz CT molecular complexity index is 1370. The van der Waals surface area contributed by atoms with Gasteiger partial charge in [0.05, 0.1) is 21.7 Å². The summed E-state index contributed by atoms with van der Waals surface area (Å²) in [4.78, 5) is 18.3. The number of hydrogen-bond acceptors (Lipinski definition) is 5. The number of amides is 1. The number of benzene rings is 2. The van der Waals surface area contributed by atoms with E-state index in [9.17, 15) is 13.2 Å². The molecule has 0 N–H and O–H groups in total. The number of ether oxygens (including phenoxy) is 1. The molecule has 7 nitrogen and oxygen atoms in total. The summed E-state index contributed by atoms with van der Waals surface area (Å²) in [5.74, 6) is 0.227. The molecule has 0 bridgehead atoms. The van der Waals surface area contributed by atoms with Gasteiger partial charge in [0.25, 0.3) is 5.91 Å². The summed E-state index contributed by atoms with van der Waals surface area (Å²) < 4.78 is 35.8. The summed E-state index contributed by atoms with van der Waals surface area (Å²) in [5, 5.41) is 0.480. The molecular weight excluding hydrogens is 494 g/mol. The highest BCUT2D eigenvalue weighted by atomic mass is 35.5. The molecule has 0 spiro atoms. The number of carbonyl (C=O) groups excluding carboxylic acids is 1. The highest BCUT2D eigenvalue weighted by Crippen LogP contribution is 2.26. The Labute approximate surface area is 208 Å². The minimum absolute atomic E-state index is 0.202. The Hall–Kier alpha value is -2.46. The second-order valence-electron chi connectivity index (χ2n) is 7.93. The Morgan fingerprint density at radius 1 is 1.24 bits per heavy atom. The van der Waals surface area contributed by atoms with Crippen LogP contribution in [0, 0.1) is 5.92 Å². The molecule has 1 aliphatic heterocycles. The Morgan fingerprint density at radius 3 is 2.59 bits per heavy atom. The molecule has 4 rings (SSSR count). The third-order valence-corrected chi connectivity index (χ3v) is 8.94. The molecule has 0 radical (unpaired) electrons. The first kappa shape index (κ1) is 24.7. The topological polar surface area (TPSA) is 81.0 Å². The molecule has 0 atom stereocenters. The van der Waals surface area contributed by atoms with Gasteiger partial charge in [-0.3, -0.25) is 4.79 Å². The van der Waals surface area contributed by atoms with Gasteiger partial charge in [-0.2, -0.15) is 9.30 Å². The second kappa shape index (κ2) is 10.4. The van der Waals surface area contributed by atoms with Crippen molar-refractivity contribution in [3.8, 4) is 5.75 Å². The normalized spacial score (nSPS) is 16.1. The highest BCUT2D eigenvalue weighted by molar-refractivity contribution is 7.89. The van der Waals surface area contributed by atoms with Gasteiger partial charge in [-0.25, -0.2) is 8.42 Å². The van der Waals surface area contributed by atoms with Crippen LogP contribution in [0.25, 0.3) is 10.2 Å². The maximum atomic E-state index is 13.0. The van der Waals surface area contributed by atoms with E-state index in [2.05, 4.69) is 11.6 Å². The van der Waals surface area contributed by atoms with Crippen molar-refractivity contribution >= 4 is 49.1 Å². The molecule has 2 heterocycles. The summed E-state index contributed by atoms with van der Waals surface area (Å²) in [7, 11) is -3.62. The fraction of sp³-hybridized carbons (Fsp3) is 0.333. The van der Waals surface area contributed by atoms with Gasteiger partial charge in [0.1, 0.15) is 5.75 Å². The molecule has 180 valence electrons. The van der Waals surface area contributed by atoms with Gasteiger partial charge < -0.3 is 9.30 Å². The molecule has 3 aromatic rings. The summed E-state index contributed by atoms with van der Waals surface area (Å²) in [6.07, 6.45) is 2.62. The number of fused-ring (bicyclic) bond motifs is 1. The molecule has 1 aliphatic rings. The van der Waals surface area contributed by atoms with Crippen LogP contribution in [0.4, 0.5) is 0 Å². The van der Waals surface area contributed by atoms with Crippen LogP contribution in [0.1, 0.15) is 19.8 Å². The SMILES string of the molecule is C=CCn1c(=NC(=O)C2CCN(S(=O)(=O)c3ccc(Cl)cc3)CC2)sc2cc(OCC)ccc21. The average Bonchev–Trinajstić information content (AvgIpc) is 3.16. The zero-order valence-electron chi connectivity index (χ0n) is 18.8. The minimum Gasteiger partial charge on any atom is -0.494 e. The van der Waals surface area contributed by atoms with Crippen molar-refractivity contribution in [2.24, 2.45) is 10.9 Å². The number of aromatic nitrogens is 1. The van der Waals surface area contributed by atoms with Crippen LogP contribution in [0.2, 0.25) is 5.02 Å². The number of carbonyl (C=O) groups is 1. The smallest absolute Gasteiger partial charge is 0.251 e. The van der Waals surface area contributed by atoms with Crippen LogP contribution in [0.5, 0.6) is 5.75 Å². The fourth-order valence-corrected chi connectivity index (χ4v) is 6.65. The maximum absolute atomic E-state index is 13.0. The van der Waals surface area contributed by atoms with Crippen LogP contribution in [-0.4, -0.2) is 42.9 Å². The molecule has 2 aromatic carbocycles. The van der Waals surface area contributed by atoms with Crippen LogP contribution in [0.3, 0.4) is 0 Å². The van der Waals surface area contributed by atoms with E-state index < -0.39 is 10.0 Å². The van der Waals surface area contributed by atoms with Crippen molar-refractivity contribution in [2.45, 2.75) is 31.2 Å². The molecular formula is C24H26ClN3O4S2. The van der Waals surface area contributed by atoms with Gasteiger partial charge in [0.15, 0.2) is 4.80 Å². The number of sulfonamides is 1. The number of piperidine rings is 1. The molecule has 1 fully saturated rings. The predicted octanol–water partition coefficient (Wildman–Crippen LogP) is 4.47. The van der Waals surface area contributed by atoms with Crippen molar-refractivity contribution in [3.63, 3.8) is 0 Å². The quantitative estimate of drug-likeness (QED) is 0.431. The number of thiazole rings is 1. The summed E-state index contributed by atoms with van der Waals surface area (Å²) in [6.45, 7) is 7.40. The minimum atomic E-state index is -3.62. The van der Waals surface area contributed by atoms with E-state index in [-0.39, 0.29) is 29.8 Å². The predicted molar refractivity (Wildman–Crippen MR) is 135 cm³/mol. The van der Waals surface area contributed by atoms with Crippen LogP contribution in [0.15, 0.2) is 65.0 Å². The van der Waals surface area contributed by atoms with E-state index in [1.54, 1.807) is 18.2 Å². The summed E-state index contributed by atoms with van der Waals surface area (Å²) >= 11 is 7.31. The van der Waals surface area contributed by atoms with Gasteiger partial charge in [-0.1, -0.05) is 29.0 Å². The first-order valence-corrected chi connectivity index (χ1v) is 13.7. The largest absolute Gasteiger partial charge is 0.494 e. The van der Waals surface area contributed by atoms with Crippen molar-refractivity contribution in [1.29, 1.82) is 0 Å². The molecule has 0 saturated carbocycles. The Kier molecular flexibility index (Phi) is 7.57. The number of nitrogens with zero attached hydrogens (tertiary/aromatic N) is 3. The van der Waals surface area contributed by atoms with E-state index in [0.717, 1.165) is 16.0 Å². The summed E-state index contributed by atoms with van der Waals surface area (Å²) in [5.41, 5.74) is 0.962.